The number of benzene rings is 3. The number of ether oxygens (including phenoxy) is 4. The zero-order chi connectivity index (χ0) is 58.5. The van der Waals surface area contributed by atoms with Crippen LogP contribution in [0.2, 0.25) is 20.1 Å². The first kappa shape index (κ1) is 63.1. The number of hydrogen-bond donors (Lipinski definition) is 5. The van der Waals surface area contributed by atoms with Crippen LogP contribution >= 0.6 is 46.4 Å². The zero-order valence-corrected chi connectivity index (χ0v) is 48.5. The molecule has 0 spiro atoms. The highest BCUT2D eigenvalue weighted by atomic mass is 35.5. The smallest absolute Gasteiger partial charge is 0.336 e. The fourth-order valence-corrected chi connectivity index (χ4v) is 10.7. The van der Waals surface area contributed by atoms with Gasteiger partial charge < -0.3 is 45.1 Å². The average Bonchev–Trinajstić information content (AvgIpc) is 3.41. The molecule has 78 heavy (non-hydrogen) atoms. The van der Waals surface area contributed by atoms with Crippen LogP contribution in [0.4, 0.5) is 0 Å². The van der Waals surface area contributed by atoms with Crippen molar-refractivity contribution in [1.82, 2.24) is 16.0 Å². The van der Waals surface area contributed by atoms with Gasteiger partial charge in [-0.25, -0.2) is 19.2 Å². The second-order valence-corrected chi connectivity index (χ2v) is 19.4. The number of nitrogens with one attached hydrogen (secondary N) is 3. The Balaban J connectivity index is 0.000000253. The minimum atomic E-state index is -0.871. The summed E-state index contributed by atoms with van der Waals surface area (Å²) in [7, 11) is 1.29. The average molecular weight is 1150 g/mol. The molecule has 0 radical (unpaired) electrons. The number of methoxy groups -OCH3 is 1. The monoisotopic (exact) mass is 1140 g/mol. The Kier molecular flexibility index (Phi) is 22.9. The van der Waals surface area contributed by atoms with E-state index in [4.69, 9.17) is 75.6 Å². The summed E-state index contributed by atoms with van der Waals surface area (Å²) in [5.74, 6) is -1.24. The Morgan fingerprint density at radius 2 is 0.821 bits per heavy atom. The van der Waals surface area contributed by atoms with Crippen molar-refractivity contribution < 1.29 is 57.9 Å². The topological polar surface area (TPSA) is 216 Å². The van der Waals surface area contributed by atoms with Gasteiger partial charge in [0, 0.05) is 78.7 Å². The highest BCUT2D eigenvalue weighted by Crippen LogP contribution is 2.46. The maximum Gasteiger partial charge on any atom is 0.336 e. The molecule has 0 bridgehead atoms. The van der Waals surface area contributed by atoms with Crippen LogP contribution in [0.3, 0.4) is 0 Å². The van der Waals surface area contributed by atoms with Crippen LogP contribution < -0.4 is 16.0 Å². The predicted molar refractivity (Wildman–Crippen MR) is 299 cm³/mol. The van der Waals surface area contributed by atoms with Crippen LogP contribution in [0.15, 0.2) is 116 Å². The van der Waals surface area contributed by atoms with E-state index in [-0.39, 0.29) is 36.0 Å². The number of ketones is 2. The van der Waals surface area contributed by atoms with E-state index in [2.05, 4.69) is 27.8 Å². The van der Waals surface area contributed by atoms with Gasteiger partial charge in [-0.3, -0.25) is 9.59 Å². The Bertz CT molecular complexity index is 3240. The number of Topliss-reactive ketones (excluding diaryl/α,β-unsaturated/α-hetero) is 2. The molecule has 5 N–H and O–H groups in total. The van der Waals surface area contributed by atoms with E-state index in [9.17, 15) is 28.8 Å². The van der Waals surface area contributed by atoms with Crippen LogP contribution in [-0.4, -0.2) is 72.6 Å². The highest BCUT2D eigenvalue weighted by molar-refractivity contribution is 6.42. The minimum Gasteiger partial charge on any atom is -0.466 e. The quantitative estimate of drug-likeness (QED) is 0.0648. The molecule has 0 aromatic heterocycles. The lowest BCUT2D eigenvalue weighted by Gasteiger charge is -2.32. The van der Waals surface area contributed by atoms with Crippen molar-refractivity contribution in [1.29, 1.82) is 0 Å². The van der Waals surface area contributed by atoms with Crippen molar-refractivity contribution in [3.8, 4) is 24.1 Å². The second kappa shape index (κ2) is 28.3. The second-order valence-electron chi connectivity index (χ2n) is 17.8. The number of aryl methyl sites for hydroxylation is 3. The third kappa shape index (κ3) is 14.0. The van der Waals surface area contributed by atoms with Crippen LogP contribution in [0, 0.1) is 44.8 Å². The molecular formula is C59H61Cl4N3O12. The van der Waals surface area contributed by atoms with Crippen LogP contribution in [0.5, 0.6) is 0 Å². The van der Waals surface area contributed by atoms with Gasteiger partial charge in [-0.2, -0.15) is 0 Å². The molecule has 3 aromatic carbocycles. The van der Waals surface area contributed by atoms with Crippen molar-refractivity contribution in [2.24, 2.45) is 0 Å². The molecule has 19 heteroatoms. The summed E-state index contributed by atoms with van der Waals surface area (Å²) in [5, 5.41) is 28.1. The highest BCUT2D eigenvalue weighted by Gasteiger charge is 2.42. The first-order chi connectivity index (χ1) is 36.9. The molecule has 0 saturated heterocycles. The van der Waals surface area contributed by atoms with Gasteiger partial charge in [-0.15, -0.1) is 0 Å². The molecule has 3 aliphatic rings. The summed E-state index contributed by atoms with van der Waals surface area (Å²) < 4.78 is 20.5. The molecule has 0 amide bonds. The van der Waals surface area contributed by atoms with Gasteiger partial charge in [0.05, 0.1) is 71.1 Å². The summed E-state index contributed by atoms with van der Waals surface area (Å²) in [4.78, 5) is 75.7. The van der Waals surface area contributed by atoms with Gasteiger partial charge in [-0.05, 0) is 124 Å². The number of rotatable bonds is 12. The van der Waals surface area contributed by atoms with Gasteiger partial charge in [0.15, 0.2) is 0 Å². The third-order valence-electron chi connectivity index (χ3n) is 12.6. The van der Waals surface area contributed by atoms with Crippen molar-refractivity contribution in [2.45, 2.75) is 101 Å². The molecule has 0 aliphatic carbocycles. The molecule has 15 nitrogen and oxygen atoms in total. The van der Waals surface area contributed by atoms with Crippen LogP contribution in [0.25, 0.3) is 0 Å². The van der Waals surface area contributed by atoms with E-state index in [1.165, 1.54) is 7.11 Å². The van der Waals surface area contributed by atoms with E-state index in [1.807, 2.05) is 32.9 Å². The Labute approximate surface area is 474 Å². The fraction of sp³-hybridized carbons (Fsp3) is 0.322. The fourth-order valence-electron chi connectivity index (χ4n) is 9.70. The lowest BCUT2D eigenvalue weighted by Crippen LogP contribution is -2.32. The number of carbonyl (C=O) groups is 6. The first-order valence-electron chi connectivity index (χ1n) is 24.4. The predicted octanol–water partition coefficient (Wildman–Crippen LogP) is 11.0. The van der Waals surface area contributed by atoms with E-state index in [0.717, 1.165) is 22.3 Å². The number of hydrogen-bond acceptors (Lipinski definition) is 15. The molecule has 3 aromatic rings. The van der Waals surface area contributed by atoms with Crippen molar-refractivity contribution >= 4 is 81.8 Å². The van der Waals surface area contributed by atoms with Gasteiger partial charge >= 0.3 is 23.9 Å². The summed E-state index contributed by atoms with van der Waals surface area (Å²) in [5.41, 5.74) is 10.0. The van der Waals surface area contributed by atoms with Crippen molar-refractivity contribution in [3.63, 3.8) is 0 Å². The number of dihydropyridines is 3. The summed E-state index contributed by atoms with van der Waals surface area (Å²) in [6.07, 6.45) is 3.29. The summed E-state index contributed by atoms with van der Waals surface area (Å²) >= 11 is 25.2. The van der Waals surface area contributed by atoms with E-state index >= 15 is 0 Å². The molecule has 3 atom stereocenters. The van der Waals surface area contributed by atoms with E-state index < -0.39 is 53.2 Å². The SMILES string of the molecule is CCOC(=O)C1=C(C)NC(C)=C(C(=O)C#CO)C1c1c(C)cc(C)cc1C.CCOC(=O)C1=C(C)NC(C)=C(C(=O)C#CO)C1c1c(Cl)cccc1Cl.CCOC(=O)C1=C(C)NC(C)=C(C(=O)OC)C1c1cccc(Cl)c1Cl. The van der Waals surface area contributed by atoms with Gasteiger partial charge in [0.2, 0.25) is 11.6 Å². The standard InChI is InChI=1S/C22H25NO4.C19H17Cl2NO4.C18H19Cl2NO4/c1-7-27-22(26)20-16(6)23-15(5)19(17(25)8-9-24)21(20)18-13(3)10-12(2)11-14(18)4;1-4-26-19(25)16-11(3)22-10(2)15(14(24)8-9-23)18(16)17-12(20)6-5-7-13(17)21;1-5-25-18(23)14-10(3)21-9(2)13(17(22)24-4)15(14)11-7-6-8-12(19)16(11)20/h10-11,21,23-24H,7H2,1-6H3;5-7,18,22-23H,4H2,1-3H3;6-8,15,21H,5H2,1-4H3. The number of carbonyl (C=O) groups excluding carboxylic acids is 6. The van der Waals surface area contributed by atoms with Gasteiger partial charge in [0.25, 0.3) is 0 Å². The molecule has 0 fully saturated rings. The number of esters is 4. The van der Waals surface area contributed by atoms with E-state index in [0.29, 0.717) is 82.7 Å². The largest absolute Gasteiger partial charge is 0.466 e. The zero-order valence-electron chi connectivity index (χ0n) is 45.5. The molecule has 3 unspecified atom stereocenters. The van der Waals surface area contributed by atoms with E-state index in [1.54, 1.807) is 111 Å². The molecule has 6 rings (SSSR count). The molecule has 3 heterocycles. The number of aliphatic hydroxyl groups is 2. The number of halogens is 4. The molecular weight excluding hydrogens is 1080 g/mol. The molecule has 3 aliphatic heterocycles. The Hall–Kier alpha value is -7.40. The summed E-state index contributed by atoms with van der Waals surface area (Å²) in [6, 6.07) is 14.1. The molecule has 412 valence electrons. The lowest BCUT2D eigenvalue weighted by atomic mass is 9.75. The number of aliphatic hydroxyl groups excluding tert-OH is 2. The first-order valence-corrected chi connectivity index (χ1v) is 25.9. The number of allylic oxidation sites excluding steroid dienone is 8. The van der Waals surface area contributed by atoms with Gasteiger partial charge in [0.1, 0.15) is 12.2 Å². The molecule has 0 saturated carbocycles. The minimum absolute atomic E-state index is 0.168. The maximum absolute atomic E-state index is 12.8. The summed E-state index contributed by atoms with van der Waals surface area (Å²) in [6.45, 7) is 22.1. The lowest BCUT2D eigenvalue weighted by molar-refractivity contribution is -0.140. The van der Waals surface area contributed by atoms with Crippen LogP contribution in [0.1, 0.15) is 113 Å². The van der Waals surface area contributed by atoms with Crippen molar-refractivity contribution in [2.75, 3.05) is 26.9 Å². The van der Waals surface area contributed by atoms with Gasteiger partial charge in [-0.1, -0.05) is 82.3 Å². The Morgan fingerprint density at radius 3 is 1.19 bits per heavy atom. The normalized spacial score (nSPS) is 16.8. The van der Waals surface area contributed by atoms with Crippen molar-refractivity contribution in [3.05, 3.63) is 170 Å². The Morgan fingerprint density at radius 1 is 0.487 bits per heavy atom. The van der Waals surface area contributed by atoms with Crippen LogP contribution in [-0.2, 0) is 47.7 Å². The maximum atomic E-state index is 12.8. The third-order valence-corrected chi connectivity index (χ3v) is 14.1.